The monoisotopic (exact) mass is 190 g/mol. The Morgan fingerprint density at radius 3 is 1.92 bits per heavy atom. The normalized spacial score (nSPS) is 17.5. The van der Waals surface area contributed by atoms with Gasteiger partial charge in [0.2, 0.25) is 0 Å². The van der Waals surface area contributed by atoms with E-state index in [1.54, 1.807) is 13.8 Å². The van der Waals surface area contributed by atoms with Crippen LogP contribution in [0.15, 0.2) is 0 Å². The van der Waals surface area contributed by atoms with Gasteiger partial charge in [0.25, 0.3) is 0 Å². The van der Waals surface area contributed by atoms with Crippen LogP contribution in [-0.2, 0) is 9.59 Å². The summed E-state index contributed by atoms with van der Waals surface area (Å²) in [6.45, 7) is 3.35. The molecule has 0 saturated heterocycles. The van der Waals surface area contributed by atoms with Crippen LogP contribution < -0.4 is 0 Å². The predicted octanol–water partition coefficient (Wildman–Crippen LogP) is 0.179. The molecule has 0 saturated carbocycles. The van der Waals surface area contributed by atoms with Gasteiger partial charge < -0.3 is 15.3 Å². The van der Waals surface area contributed by atoms with Crippen molar-refractivity contribution in [2.75, 3.05) is 0 Å². The molecule has 0 fully saturated rings. The highest BCUT2D eigenvalue weighted by Gasteiger charge is 2.35. The second-order valence-corrected chi connectivity index (χ2v) is 3.03. The first-order valence-electron chi connectivity index (χ1n) is 4.05. The van der Waals surface area contributed by atoms with Crippen molar-refractivity contribution in [1.82, 2.24) is 0 Å². The number of aliphatic carboxylic acids is 2. The van der Waals surface area contributed by atoms with E-state index in [4.69, 9.17) is 15.3 Å². The zero-order valence-corrected chi connectivity index (χ0v) is 7.60. The van der Waals surface area contributed by atoms with E-state index in [-0.39, 0.29) is 5.92 Å². The molecule has 0 aliphatic rings. The van der Waals surface area contributed by atoms with Crippen molar-refractivity contribution >= 4 is 11.9 Å². The first-order valence-corrected chi connectivity index (χ1v) is 4.05. The number of carboxylic acids is 2. The highest BCUT2D eigenvalue weighted by atomic mass is 16.4. The highest BCUT2D eigenvalue weighted by Crippen LogP contribution is 2.19. The van der Waals surface area contributed by atoms with Gasteiger partial charge in [0.15, 0.2) is 6.10 Å². The molecule has 76 valence electrons. The van der Waals surface area contributed by atoms with Crippen LogP contribution in [0.3, 0.4) is 0 Å². The molecule has 3 atom stereocenters. The zero-order valence-electron chi connectivity index (χ0n) is 7.60. The standard InChI is InChI=1S/C8H14O5/c1-3-4(2)5(7(10)11)6(9)8(12)13/h4-6,9H,3H2,1-2H3,(H,10,11)(H,12,13)/t4-,5-,6+/m0/s1. The molecule has 13 heavy (non-hydrogen) atoms. The van der Waals surface area contributed by atoms with Gasteiger partial charge in [-0.2, -0.15) is 0 Å². The Kier molecular flexibility index (Phi) is 4.40. The van der Waals surface area contributed by atoms with Crippen molar-refractivity contribution in [3.8, 4) is 0 Å². The van der Waals surface area contributed by atoms with E-state index in [0.717, 1.165) is 0 Å². The summed E-state index contributed by atoms with van der Waals surface area (Å²) in [5.41, 5.74) is 0. The predicted molar refractivity (Wildman–Crippen MR) is 44.2 cm³/mol. The Labute approximate surface area is 76.0 Å². The molecule has 0 heterocycles. The van der Waals surface area contributed by atoms with Gasteiger partial charge in [-0.3, -0.25) is 4.79 Å². The Morgan fingerprint density at radius 1 is 1.23 bits per heavy atom. The molecule has 0 spiro atoms. The second-order valence-electron chi connectivity index (χ2n) is 3.03. The molecule has 5 nitrogen and oxygen atoms in total. The molecule has 0 aliphatic heterocycles. The fourth-order valence-corrected chi connectivity index (χ4v) is 1.10. The van der Waals surface area contributed by atoms with Gasteiger partial charge in [0.05, 0.1) is 5.92 Å². The fourth-order valence-electron chi connectivity index (χ4n) is 1.10. The van der Waals surface area contributed by atoms with Gasteiger partial charge in [-0.25, -0.2) is 4.79 Å². The quantitative estimate of drug-likeness (QED) is 0.574. The number of aliphatic hydroxyl groups is 1. The van der Waals surface area contributed by atoms with E-state index < -0.39 is 24.0 Å². The zero-order chi connectivity index (χ0) is 10.6. The van der Waals surface area contributed by atoms with Crippen LogP contribution in [0.5, 0.6) is 0 Å². The third-order valence-corrected chi connectivity index (χ3v) is 2.14. The van der Waals surface area contributed by atoms with Gasteiger partial charge in [0.1, 0.15) is 0 Å². The molecule has 0 radical (unpaired) electrons. The van der Waals surface area contributed by atoms with E-state index in [1.807, 2.05) is 0 Å². The fraction of sp³-hybridized carbons (Fsp3) is 0.750. The number of carbonyl (C=O) groups is 2. The average molecular weight is 190 g/mol. The first kappa shape index (κ1) is 11.9. The van der Waals surface area contributed by atoms with Crippen molar-refractivity contribution in [3.63, 3.8) is 0 Å². The minimum Gasteiger partial charge on any atom is -0.481 e. The lowest BCUT2D eigenvalue weighted by Crippen LogP contribution is -2.38. The van der Waals surface area contributed by atoms with Crippen LogP contribution in [0.1, 0.15) is 20.3 Å². The average Bonchev–Trinajstić information content (AvgIpc) is 2.03. The summed E-state index contributed by atoms with van der Waals surface area (Å²) >= 11 is 0. The van der Waals surface area contributed by atoms with Crippen molar-refractivity contribution in [1.29, 1.82) is 0 Å². The molecule has 0 amide bonds. The summed E-state index contributed by atoms with van der Waals surface area (Å²) in [5.74, 6) is -4.36. The van der Waals surface area contributed by atoms with Crippen molar-refractivity contribution in [2.45, 2.75) is 26.4 Å². The number of hydrogen-bond donors (Lipinski definition) is 3. The summed E-state index contributed by atoms with van der Waals surface area (Å²) in [7, 11) is 0. The maximum Gasteiger partial charge on any atom is 0.333 e. The molecule has 0 aromatic heterocycles. The summed E-state index contributed by atoms with van der Waals surface area (Å²) in [6, 6.07) is 0. The Bertz CT molecular complexity index is 201. The van der Waals surface area contributed by atoms with E-state index in [0.29, 0.717) is 6.42 Å². The number of carboxylic acid groups (broad SMARTS) is 2. The number of rotatable bonds is 5. The SMILES string of the molecule is CC[C@H](C)[C@H](C(=O)O)[C@@H](O)C(=O)O. The van der Waals surface area contributed by atoms with Crippen LogP contribution in [-0.4, -0.2) is 33.4 Å². The lowest BCUT2D eigenvalue weighted by molar-refractivity contribution is -0.161. The van der Waals surface area contributed by atoms with Crippen LogP contribution in [0.2, 0.25) is 0 Å². The summed E-state index contributed by atoms with van der Waals surface area (Å²) < 4.78 is 0. The first-order chi connectivity index (χ1) is 5.91. The van der Waals surface area contributed by atoms with Crippen molar-refractivity contribution in [3.05, 3.63) is 0 Å². The van der Waals surface area contributed by atoms with Gasteiger partial charge in [0, 0.05) is 0 Å². The van der Waals surface area contributed by atoms with Crippen LogP contribution in [0.25, 0.3) is 0 Å². The highest BCUT2D eigenvalue weighted by molar-refractivity contribution is 5.81. The summed E-state index contributed by atoms with van der Waals surface area (Å²) in [6.07, 6.45) is -1.31. The van der Waals surface area contributed by atoms with Crippen molar-refractivity contribution in [2.24, 2.45) is 11.8 Å². The Balaban J connectivity index is 4.60. The lowest BCUT2D eigenvalue weighted by Gasteiger charge is -2.20. The molecule has 5 heteroatoms. The molecule has 0 aliphatic carbocycles. The molecule has 3 N–H and O–H groups in total. The van der Waals surface area contributed by atoms with E-state index in [9.17, 15) is 9.59 Å². The van der Waals surface area contributed by atoms with E-state index in [2.05, 4.69) is 0 Å². The Hall–Kier alpha value is -1.10. The minimum absolute atomic E-state index is 0.358. The maximum absolute atomic E-state index is 10.6. The molecular formula is C8H14O5. The third kappa shape index (κ3) is 3.02. The van der Waals surface area contributed by atoms with Gasteiger partial charge >= 0.3 is 11.9 Å². The summed E-state index contributed by atoms with van der Waals surface area (Å²) in [4.78, 5) is 21.0. The van der Waals surface area contributed by atoms with Gasteiger partial charge in [-0.15, -0.1) is 0 Å². The maximum atomic E-state index is 10.6. The molecule has 0 aromatic carbocycles. The van der Waals surface area contributed by atoms with Gasteiger partial charge in [-0.05, 0) is 5.92 Å². The number of hydrogen-bond acceptors (Lipinski definition) is 3. The molecule has 0 aromatic rings. The topological polar surface area (TPSA) is 94.8 Å². The third-order valence-electron chi connectivity index (χ3n) is 2.14. The smallest absolute Gasteiger partial charge is 0.333 e. The molecule has 0 rings (SSSR count). The van der Waals surface area contributed by atoms with Crippen LogP contribution >= 0.6 is 0 Å². The Morgan fingerprint density at radius 2 is 1.69 bits per heavy atom. The second kappa shape index (κ2) is 4.81. The van der Waals surface area contributed by atoms with E-state index >= 15 is 0 Å². The van der Waals surface area contributed by atoms with Crippen LogP contribution in [0.4, 0.5) is 0 Å². The number of aliphatic hydroxyl groups excluding tert-OH is 1. The van der Waals surface area contributed by atoms with E-state index in [1.165, 1.54) is 0 Å². The lowest BCUT2D eigenvalue weighted by atomic mass is 9.87. The van der Waals surface area contributed by atoms with Gasteiger partial charge in [-0.1, -0.05) is 20.3 Å². The summed E-state index contributed by atoms with van der Waals surface area (Å²) in [5, 5.41) is 26.2. The largest absolute Gasteiger partial charge is 0.481 e. The van der Waals surface area contributed by atoms with Crippen LogP contribution in [0, 0.1) is 11.8 Å². The minimum atomic E-state index is -1.83. The molecular weight excluding hydrogens is 176 g/mol. The molecule has 0 bridgehead atoms. The van der Waals surface area contributed by atoms with Crippen molar-refractivity contribution < 1.29 is 24.9 Å². The molecule has 0 unspecified atom stereocenters.